The lowest BCUT2D eigenvalue weighted by Crippen LogP contribution is -1.96. The summed E-state index contributed by atoms with van der Waals surface area (Å²) in [4.78, 5) is 0. The Morgan fingerprint density at radius 2 is 1.89 bits per heavy atom. The molecular formula is C14H14Br2O2. The lowest BCUT2D eigenvalue weighted by molar-refractivity contribution is 0.136. The van der Waals surface area contributed by atoms with Crippen LogP contribution in [0.15, 0.2) is 50.0 Å². The third-order valence-electron chi connectivity index (χ3n) is 2.78. The monoisotopic (exact) mass is 372 g/mol. The van der Waals surface area contributed by atoms with Gasteiger partial charge in [0.05, 0.1) is 4.47 Å². The van der Waals surface area contributed by atoms with Crippen LogP contribution in [0.5, 0.6) is 0 Å². The Balaban J connectivity index is 1.83. The van der Waals surface area contributed by atoms with Crippen molar-refractivity contribution < 1.29 is 9.52 Å². The number of hydrogen-bond donors (Lipinski definition) is 1. The van der Waals surface area contributed by atoms with E-state index in [9.17, 15) is 5.11 Å². The van der Waals surface area contributed by atoms with Crippen LogP contribution in [-0.4, -0.2) is 5.11 Å². The van der Waals surface area contributed by atoms with Gasteiger partial charge >= 0.3 is 0 Å². The molecule has 0 saturated heterocycles. The number of benzene rings is 1. The highest BCUT2D eigenvalue weighted by atomic mass is 79.9. The largest absolute Gasteiger partial charge is 0.450 e. The zero-order valence-electron chi connectivity index (χ0n) is 9.77. The molecule has 2 nitrogen and oxygen atoms in total. The average molecular weight is 374 g/mol. The minimum absolute atomic E-state index is 0.545. The van der Waals surface area contributed by atoms with E-state index < -0.39 is 6.10 Å². The van der Waals surface area contributed by atoms with E-state index in [-0.39, 0.29) is 0 Å². The van der Waals surface area contributed by atoms with Crippen molar-refractivity contribution in [1.82, 2.24) is 0 Å². The number of aryl methyl sites for hydroxylation is 1. The van der Waals surface area contributed by atoms with Crippen molar-refractivity contribution in [3.05, 3.63) is 56.9 Å². The summed E-state index contributed by atoms with van der Waals surface area (Å²) in [6.45, 7) is 0. The first-order chi connectivity index (χ1) is 8.66. The molecule has 18 heavy (non-hydrogen) atoms. The van der Waals surface area contributed by atoms with Crippen LogP contribution in [-0.2, 0) is 6.42 Å². The normalized spacial score (nSPS) is 12.6. The van der Waals surface area contributed by atoms with E-state index in [2.05, 4.69) is 44.0 Å². The van der Waals surface area contributed by atoms with E-state index in [1.807, 2.05) is 18.2 Å². The van der Waals surface area contributed by atoms with Crippen molar-refractivity contribution in [2.24, 2.45) is 0 Å². The number of halogens is 2. The van der Waals surface area contributed by atoms with Crippen molar-refractivity contribution in [3.8, 4) is 0 Å². The zero-order chi connectivity index (χ0) is 13.0. The molecule has 2 aromatic rings. The molecule has 1 aromatic carbocycles. The number of rotatable bonds is 5. The summed E-state index contributed by atoms with van der Waals surface area (Å²) in [5.41, 5.74) is 1.30. The molecule has 96 valence electrons. The molecule has 0 saturated carbocycles. The fourth-order valence-corrected chi connectivity index (χ4v) is 2.42. The maximum atomic E-state index is 10.0. The molecule has 0 aliphatic carbocycles. The molecule has 4 heteroatoms. The van der Waals surface area contributed by atoms with Gasteiger partial charge in [-0.3, -0.25) is 0 Å². The minimum atomic E-state index is -0.545. The molecule has 1 atom stereocenters. The number of aliphatic hydroxyl groups excluding tert-OH is 1. The van der Waals surface area contributed by atoms with Crippen molar-refractivity contribution in [1.29, 1.82) is 0 Å². The SMILES string of the molecule is OC(CCCc1ccccc1)c1cc(Br)c(Br)o1. The fourth-order valence-electron chi connectivity index (χ4n) is 1.81. The summed E-state index contributed by atoms with van der Waals surface area (Å²) in [5, 5.41) is 10.0. The van der Waals surface area contributed by atoms with Gasteiger partial charge in [0.1, 0.15) is 11.9 Å². The van der Waals surface area contributed by atoms with Gasteiger partial charge in [-0.25, -0.2) is 0 Å². The van der Waals surface area contributed by atoms with Crippen LogP contribution < -0.4 is 0 Å². The molecular weight excluding hydrogens is 360 g/mol. The van der Waals surface area contributed by atoms with E-state index in [4.69, 9.17) is 4.42 Å². The predicted molar refractivity (Wildman–Crippen MR) is 78.4 cm³/mol. The topological polar surface area (TPSA) is 33.4 Å². The lowest BCUT2D eigenvalue weighted by Gasteiger charge is -2.07. The highest BCUT2D eigenvalue weighted by Crippen LogP contribution is 2.31. The fraction of sp³-hybridized carbons (Fsp3) is 0.286. The van der Waals surface area contributed by atoms with Crippen LogP contribution in [0.3, 0.4) is 0 Å². The van der Waals surface area contributed by atoms with Gasteiger partial charge in [0, 0.05) is 0 Å². The van der Waals surface area contributed by atoms with E-state index >= 15 is 0 Å². The summed E-state index contributed by atoms with van der Waals surface area (Å²) in [6.07, 6.45) is 2.06. The summed E-state index contributed by atoms with van der Waals surface area (Å²) in [6, 6.07) is 12.1. The van der Waals surface area contributed by atoms with Crippen LogP contribution in [0.25, 0.3) is 0 Å². The molecule has 1 heterocycles. The van der Waals surface area contributed by atoms with Gasteiger partial charge in [0.25, 0.3) is 0 Å². The van der Waals surface area contributed by atoms with Crippen LogP contribution in [0.2, 0.25) is 0 Å². The van der Waals surface area contributed by atoms with Crippen LogP contribution >= 0.6 is 31.9 Å². The van der Waals surface area contributed by atoms with E-state index in [1.54, 1.807) is 6.07 Å². The summed E-state index contributed by atoms with van der Waals surface area (Å²) >= 11 is 6.60. The molecule has 0 fully saturated rings. The molecule has 1 N–H and O–H groups in total. The van der Waals surface area contributed by atoms with Crippen molar-refractivity contribution in [2.45, 2.75) is 25.4 Å². The van der Waals surface area contributed by atoms with Crippen molar-refractivity contribution >= 4 is 31.9 Å². The maximum absolute atomic E-state index is 10.0. The first kappa shape index (κ1) is 13.8. The molecule has 1 aromatic heterocycles. The van der Waals surface area contributed by atoms with Gasteiger partial charge in [0.15, 0.2) is 4.67 Å². The Labute approximate surface area is 123 Å². The molecule has 0 amide bonds. The predicted octanol–water partition coefficient (Wildman–Crippen LogP) is 4.86. The minimum Gasteiger partial charge on any atom is -0.450 e. The quantitative estimate of drug-likeness (QED) is 0.811. The maximum Gasteiger partial charge on any atom is 0.183 e. The van der Waals surface area contributed by atoms with Gasteiger partial charge in [-0.1, -0.05) is 30.3 Å². The second-order valence-corrected chi connectivity index (χ2v) is 5.74. The summed E-state index contributed by atoms with van der Waals surface area (Å²) in [5.74, 6) is 0.599. The third kappa shape index (κ3) is 3.70. The molecule has 0 aliphatic rings. The first-order valence-corrected chi connectivity index (χ1v) is 7.42. The standard InChI is InChI=1S/C14H14Br2O2/c15-11-9-13(18-14(11)16)12(17)8-4-7-10-5-2-1-3-6-10/h1-3,5-6,9,12,17H,4,7-8H2. The van der Waals surface area contributed by atoms with Gasteiger partial charge < -0.3 is 9.52 Å². The van der Waals surface area contributed by atoms with E-state index in [0.717, 1.165) is 17.3 Å². The van der Waals surface area contributed by atoms with E-state index in [1.165, 1.54) is 5.56 Å². The summed E-state index contributed by atoms with van der Waals surface area (Å²) < 4.78 is 6.86. The number of aliphatic hydroxyl groups is 1. The van der Waals surface area contributed by atoms with Crippen LogP contribution in [0.4, 0.5) is 0 Å². The lowest BCUT2D eigenvalue weighted by atomic mass is 10.1. The molecule has 2 rings (SSSR count). The number of hydrogen-bond acceptors (Lipinski definition) is 2. The second-order valence-electron chi connectivity index (χ2n) is 4.16. The smallest absolute Gasteiger partial charge is 0.183 e. The van der Waals surface area contributed by atoms with Crippen molar-refractivity contribution in [2.75, 3.05) is 0 Å². The first-order valence-electron chi connectivity index (χ1n) is 5.83. The Hall–Kier alpha value is -0.580. The third-order valence-corrected chi connectivity index (χ3v) is 4.49. The molecule has 0 spiro atoms. The highest BCUT2D eigenvalue weighted by molar-refractivity contribution is 9.13. The number of furan rings is 1. The van der Waals surface area contributed by atoms with Gasteiger partial charge in [-0.05, 0) is 62.8 Å². The Bertz CT molecular complexity index is 474. The Morgan fingerprint density at radius 1 is 1.17 bits per heavy atom. The second kappa shape index (κ2) is 6.55. The van der Waals surface area contributed by atoms with E-state index in [0.29, 0.717) is 16.9 Å². The highest BCUT2D eigenvalue weighted by Gasteiger charge is 2.14. The zero-order valence-corrected chi connectivity index (χ0v) is 12.9. The van der Waals surface area contributed by atoms with Crippen molar-refractivity contribution in [3.63, 3.8) is 0 Å². The van der Waals surface area contributed by atoms with Gasteiger partial charge in [-0.2, -0.15) is 0 Å². The van der Waals surface area contributed by atoms with Crippen LogP contribution in [0.1, 0.15) is 30.3 Å². The summed E-state index contributed by atoms with van der Waals surface area (Å²) in [7, 11) is 0. The molecule has 0 bridgehead atoms. The Kier molecular flexibility index (Phi) is 5.03. The molecule has 0 aliphatic heterocycles. The van der Waals surface area contributed by atoms with Gasteiger partial charge in [0.2, 0.25) is 0 Å². The molecule has 1 unspecified atom stereocenters. The van der Waals surface area contributed by atoms with Crippen LogP contribution in [0, 0.1) is 0 Å². The average Bonchev–Trinajstić information content (AvgIpc) is 2.71. The Morgan fingerprint density at radius 3 is 2.50 bits per heavy atom. The molecule has 0 radical (unpaired) electrons. The van der Waals surface area contributed by atoms with Gasteiger partial charge in [-0.15, -0.1) is 0 Å².